The van der Waals surface area contributed by atoms with Crippen molar-refractivity contribution >= 4 is 29.1 Å². The molecule has 6 nitrogen and oxygen atoms in total. The number of para-hydroxylation sites is 1. The first-order chi connectivity index (χ1) is 17.7. The summed E-state index contributed by atoms with van der Waals surface area (Å²) in [5.74, 6) is 2.58. The topological polar surface area (TPSA) is 62.3 Å². The van der Waals surface area contributed by atoms with Gasteiger partial charge in [-0.05, 0) is 62.0 Å². The molecule has 2 aromatic carbocycles. The van der Waals surface area contributed by atoms with E-state index in [1.165, 1.54) is 56.9 Å². The van der Waals surface area contributed by atoms with Crippen molar-refractivity contribution in [2.24, 2.45) is 0 Å². The van der Waals surface area contributed by atoms with E-state index in [9.17, 15) is 0 Å². The van der Waals surface area contributed by atoms with Crippen molar-refractivity contribution in [2.45, 2.75) is 56.8 Å². The Morgan fingerprint density at radius 1 is 0.861 bits per heavy atom. The summed E-state index contributed by atoms with van der Waals surface area (Å²) >= 11 is 5.72. The van der Waals surface area contributed by atoms with Crippen LogP contribution >= 0.6 is 12.2 Å². The van der Waals surface area contributed by atoms with Crippen LogP contribution in [0.15, 0.2) is 66.7 Å². The molecule has 1 aliphatic carbocycles. The zero-order valence-corrected chi connectivity index (χ0v) is 21.6. The maximum absolute atomic E-state index is 6.08. The van der Waals surface area contributed by atoms with Gasteiger partial charge in [0.2, 0.25) is 11.8 Å². The predicted molar refractivity (Wildman–Crippen MR) is 150 cm³/mol. The molecule has 7 heteroatoms. The van der Waals surface area contributed by atoms with E-state index in [0.717, 1.165) is 31.2 Å². The fourth-order valence-electron chi connectivity index (χ4n) is 5.40. The normalized spacial score (nSPS) is 17.3. The quantitative estimate of drug-likeness (QED) is 0.361. The molecule has 1 aromatic heterocycles. The molecular formula is C29H35N5OS. The van der Waals surface area contributed by atoms with Crippen molar-refractivity contribution in [2.75, 3.05) is 29.9 Å². The largest absolute Gasteiger partial charge is 0.439 e. The van der Waals surface area contributed by atoms with Crippen LogP contribution in [-0.2, 0) is 5.41 Å². The van der Waals surface area contributed by atoms with Crippen LogP contribution in [0.5, 0.6) is 11.6 Å². The van der Waals surface area contributed by atoms with Crippen molar-refractivity contribution in [3.05, 3.63) is 72.3 Å². The summed E-state index contributed by atoms with van der Waals surface area (Å²) in [4.78, 5) is 11.7. The maximum Gasteiger partial charge on any atom is 0.234 e. The lowest BCUT2D eigenvalue weighted by atomic mass is 9.69. The Morgan fingerprint density at radius 3 is 2.25 bits per heavy atom. The Bertz CT molecular complexity index is 1130. The summed E-state index contributed by atoms with van der Waals surface area (Å²) in [6.07, 6.45) is 9.74. The molecule has 3 aromatic rings. The molecule has 2 fully saturated rings. The van der Waals surface area contributed by atoms with Gasteiger partial charge in [-0.3, -0.25) is 0 Å². The number of thiocarbonyl (C=S) groups is 1. The smallest absolute Gasteiger partial charge is 0.234 e. The third-order valence-corrected chi connectivity index (χ3v) is 7.59. The van der Waals surface area contributed by atoms with Crippen LogP contribution < -0.4 is 20.3 Å². The van der Waals surface area contributed by atoms with E-state index in [1.807, 2.05) is 36.4 Å². The summed E-state index contributed by atoms with van der Waals surface area (Å²) in [5.41, 5.74) is 1.49. The molecule has 0 bridgehead atoms. The summed E-state index contributed by atoms with van der Waals surface area (Å²) in [6.45, 7) is 2.77. The van der Waals surface area contributed by atoms with E-state index in [-0.39, 0.29) is 5.41 Å². The van der Waals surface area contributed by atoms with Crippen LogP contribution in [0.2, 0.25) is 0 Å². The minimum atomic E-state index is 0.101. The van der Waals surface area contributed by atoms with Crippen molar-refractivity contribution in [1.29, 1.82) is 0 Å². The van der Waals surface area contributed by atoms with Gasteiger partial charge >= 0.3 is 0 Å². The first kappa shape index (κ1) is 24.5. The van der Waals surface area contributed by atoms with E-state index < -0.39 is 0 Å². The Morgan fingerprint density at radius 2 is 1.53 bits per heavy atom. The zero-order valence-electron chi connectivity index (χ0n) is 20.8. The third-order valence-electron chi connectivity index (χ3n) is 7.34. The Labute approximate surface area is 219 Å². The SMILES string of the molecule is S=C(NCC1(c2ccccc2)CCCCC1)Nc1nc(Oc2ccccc2)cc(N2CCCCC2)n1. The van der Waals surface area contributed by atoms with Gasteiger partial charge in [-0.2, -0.15) is 9.97 Å². The molecule has 1 saturated heterocycles. The first-order valence-corrected chi connectivity index (χ1v) is 13.6. The molecule has 0 spiro atoms. The number of hydrogen-bond donors (Lipinski definition) is 2. The zero-order chi connectivity index (χ0) is 24.6. The first-order valence-electron chi connectivity index (χ1n) is 13.2. The molecule has 2 N–H and O–H groups in total. The summed E-state index contributed by atoms with van der Waals surface area (Å²) < 4.78 is 6.08. The highest BCUT2D eigenvalue weighted by Crippen LogP contribution is 2.39. The molecule has 1 saturated carbocycles. The van der Waals surface area contributed by atoms with Gasteiger partial charge in [0, 0.05) is 31.1 Å². The average molecular weight is 502 g/mol. The molecular weight excluding hydrogens is 466 g/mol. The Hall–Kier alpha value is -3.19. The number of piperidine rings is 1. The van der Waals surface area contributed by atoms with Crippen molar-refractivity contribution in [1.82, 2.24) is 15.3 Å². The number of benzene rings is 2. The van der Waals surface area contributed by atoms with Crippen LogP contribution in [0.3, 0.4) is 0 Å². The molecule has 0 unspecified atom stereocenters. The van der Waals surface area contributed by atoms with Gasteiger partial charge in [0.1, 0.15) is 11.6 Å². The molecule has 5 rings (SSSR count). The number of anilines is 2. The monoisotopic (exact) mass is 501 g/mol. The number of aromatic nitrogens is 2. The van der Waals surface area contributed by atoms with Crippen LogP contribution in [0.25, 0.3) is 0 Å². The second kappa shape index (κ2) is 11.7. The van der Waals surface area contributed by atoms with E-state index in [2.05, 4.69) is 50.8 Å². The van der Waals surface area contributed by atoms with E-state index >= 15 is 0 Å². The molecule has 36 heavy (non-hydrogen) atoms. The Balaban J connectivity index is 1.32. The lowest BCUT2D eigenvalue weighted by Gasteiger charge is -2.38. The van der Waals surface area contributed by atoms with Gasteiger partial charge in [-0.25, -0.2) is 0 Å². The highest BCUT2D eigenvalue weighted by molar-refractivity contribution is 7.80. The van der Waals surface area contributed by atoms with Gasteiger partial charge < -0.3 is 20.3 Å². The van der Waals surface area contributed by atoms with E-state index in [1.54, 1.807) is 0 Å². The van der Waals surface area contributed by atoms with Crippen molar-refractivity contribution < 1.29 is 4.74 Å². The number of rotatable bonds is 7. The second-order valence-electron chi connectivity index (χ2n) is 9.87. The van der Waals surface area contributed by atoms with Crippen LogP contribution in [0.1, 0.15) is 56.9 Å². The Kier molecular flexibility index (Phi) is 7.96. The fourth-order valence-corrected chi connectivity index (χ4v) is 5.56. The maximum atomic E-state index is 6.08. The molecule has 0 radical (unpaired) electrons. The number of ether oxygens (including phenoxy) is 1. The molecule has 2 aliphatic rings. The van der Waals surface area contributed by atoms with Gasteiger partial charge in [0.25, 0.3) is 0 Å². The minimum absolute atomic E-state index is 0.101. The minimum Gasteiger partial charge on any atom is -0.439 e. The van der Waals surface area contributed by atoms with Crippen molar-refractivity contribution in [3.8, 4) is 11.6 Å². The molecule has 2 heterocycles. The number of nitrogens with one attached hydrogen (secondary N) is 2. The lowest BCUT2D eigenvalue weighted by Crippen LogP contribution is -2.43. The number of hydrogen-bond acceptors (Lipinski definition) is 5. The van der Waals surface area contributed by atoms with Crippen molar-refractivity contribution in [3.63, 3.8) is 0 Å². The van der Waals surface area contributed by atoms with Gasteiger partial charge in [0.15, 0.2) is 5.11 Å². The van der Waals surface area contributed by atoms with Crippen LogP contribution in [0, 0.1) is 0 Å². The van der Waals surface area contributed by atoms with Gasteiger partial charge in [0.05, 0.1) is 0 Å². The molecule has 0 amide bonds. The predicted octanol–water partition coefficient (Wildman–Crippen LogP) is 6.45. The van der Waals surface area contributed by atoms with Crippen LogP contribution in [0.4, 0.5) is 11.8 Å². The molecule has 1 aliphatic heterocycles. The summed E-state index contributed by atoms with van der Waals surface area (Å²) in [5, 5.41) is 7.28. The van der Waals surface area contributed by atoms with Gasteiger partial charge in [-0.15, -0.1) is 0 Å². The highest BCUT2D eigenvalue weighted by Gasteiger charge is 2.33. The molecule has 188 valence electrons. The van der Waals surface area contributed by atoms with E-state index in [0.29, 0.717) is 16.9 Å². The lowest BCUT2D eigenvalue weighted by molar-refractivity contribution is 0.292. The summed E-state index contributed by atoms with van der Waals surface area (Å²) in [7, 11) is 0. The van der Waals surface area contributed by atoms with Crippen LogP contribution in [-0.4, -0.2) is 34.7 Å². The highest BCUT2D eigenvalue weighted by atomic mass is 32.1. The fraction of sp³-hybridized carbons (Fsp3) is 0.414. The second-order valence-corrected chi connectivity index (χ2v) is 10.3. The van der Waals surface area contributed by atoms with E-state index in [4.69, 9.17) is 21.9 Å². The summed E-state index contributed by atoms with van der Waals surface area (Å²) in [6, 6.07) is 22.5. The average Bonchev–Trinajstić information content (AvgIpc) is 2.94. The molecule has 0 atom stereocenters. The third kappa shape index (κ3) is 6.13. The number of nitrogens with zero attached hydrogens (tertiary/aromatic N) is 3. The standard InChI is InChI=1S/C29H35N5OS/c36-28(30-22-29(17-9-3-10-18-29)23-13-5-1-6-14-23)33-27-31-25(34-19-11-4-12-20-34)21-26(32-27)35-24-15-7-2-8-16-24/h1-2,5-8,13-16,21H,3-4,9-12,17-20,22H2,(H2,30,31,32,33,36). The van der Waals surface area contributed by atoms with Gasteiger partial charge in [-0.1, -0.05) is 67.8 Å².